The molecule has 1 heterocycles. The fourth-order valence-corrected chi connectivity index (χ4v) is 2.34. The van der Waals surface area contributed by atoms with Gasteiger partial charge in [0.15, 0.2) is 0 Å². The molecule has 0 saturated heterocycles. The molecular formula is C17H25NO3. The lowest BCUT2D eigenvalue weighted by Crippen LogP contribution is -2.17. The van der Waals surface area contributed by atoms with E-state index >= 15 is 0 Å². The average molecular weight is 291 g/mol. The molecule has 0 bridgehead atoms. The summed E-state index contributed by atoms with van der Waals surface area (Å²) in [4.78, 5) is 0. The highest BCUT2D eigenvalue weighted by atomic mass is 16.5. The maximum absolute atomic E-state index is 5.96. The van der Waals surface area contributed by atoms with Crippen molar-refractivity contribution >= 4 is 11.0 Å². The molecule has 1 N–H and O–H groups in total. The summed E-state index contributed by atoms with van der Waals surface area (Å²) in [7, 11) is 1.69. The Morgan fingerprint density at radius 3 is 2.86 bits per heavy atom. The van der Waals surface area contributed by atoms with E-state index in [-0.39, 0.29) is 6.10 Å². The van der Waals surface area contributed by atoms with E-state index in [1.54, 1.807) is 7.11 Å². The van der Waals surface area contributed by atoms with E-state index < -0.39 is 0 Å². The van der Waals surface area contributed by atoms with Crippen LogP contribution in [0.5, 0.6) is 0 Å². The van der Waals surface area contributed by atoms with Crippen molar-refractivity contribution in [3.05, 3.63) is 35.6 Å². The van der Waals surface area contributed by atoms with E-state index in [0.717, 1.165) is 41.8 Å². The first-order chi connectivity index (χ1) is 10.3. The Morgan fingerprint density at radius 2 is 2.10 bits per heavy atom. The summed E-state index contributed by atoms with van der Waals surface area (Å²) in [5.41, 5.74) is 2.06. The summed E-state index contributed by atoms with van der Waals surface area (Å²) >= 11 is 0. The summed E-state index contributed by atoms with van der Waals surface area (Å²) < 4.78 is 16.9. The zero-order chi connectivity index (χ0) is 15.1. The fourth-order valence-electron chi connectivity index (χ4n) is 2.34. The molecule has 116 valence electrons. The van der Waals surface area contributed by atoms with Crippen LogP contribution < -0.4 is 5.32 Å². The van der Waals surface area contributed by atoms with Gasteiger partial charge >= 0.3 is 0 Å². The third-order valence-corrected chi connectivity index (χ3v) is 3.41. The number of benzene rings is 1. The first kappa shape index (κ1) is 16.0. The van der Waals surface area contributed by atoms with Crippen LogP contribution in [-0.4, -0.2) is 26.4 Å². The van der Waals surface area contributed by atoms with Gasteiger partial charge in [-0.05, 0) is 26.0 Å². The largest absolute Gasteiger partial charge is 0.459 e. The highest BCUT2D eigenvalue weighted by molar-refractivity contribution is 5.82. The van der Waals surface area contributed by atoms with Gasteiger partial charge in [0.05, 0.1) is 25.9 Å². The smallest absolute Gasteiger partial charge is 0.134 e. The fraction of sp³-hybridized carbons (Fsp3) is 0.529. The van der Waals surface area contributed by atoms with Crippen molar-refractivity contribution in [1.82, 2.24) is 5.32 Å². The van der Waals surface area contributed by atoms with Gasteiger partial charge in [-0.3, -0.25) is 0 Å². The lowest BCUT2D eigenvalue weighted by molar-refractivity contribution is -0.000271. The zero-order valence-corrected chi connectivity index (χ0v) is 13.1. The van der Waals surface area contributed by atoms with Gasteiger partial charge in [-0.15, -0.1) is 0 Å². The lowest BCUT2D eigenvalue weighted by Gasteiger charge is -2.12. The molecule has 0 amide bonds. The minimum Gasteiger partial charge on any atom is -0.459 e. The van der Waals surface area contributed by atoms with Gasteiger partial charge in [0.2, 0.25) is 0 Å². The number of fused-ring (bicyclic) bond motifs is 1. The van der Waals surface area contributed by atoms with Gasteiger partial charge in [0, 0.05) is 18.1 Å². The molecule has 0 aliphatic heterocycles. The molecular weight excluding hydrogens is 266 g/mol. The van der Waals surface area contributed by atoms with Crippen LogP contribution in [0, 0.1) is 0 Å². The molecule has 2 rings (SSSR count). The molecule has 1 aromatic carbocycles. The van der Waals surface area contributed by atoms with E-state index in [1.165, 1.54) is 0 Å². The molecule has 0 aliphatic carbocycles. The van der Waals surface area contributed by atoms with Crippen molar-refractivity contribution < 1.29 is 13.9 Å². The highest BCUT2D eigenvalue weighted by Crippen LogP contribution is 2.26. The normalized spacial score (nSPS) is 12.9. The molecule has 1 atom stereocenters. The minimum atomic E-state index is 0.0695. The van der Waals surface area contributed by atoms with Crippen LogP contribution in [-0.2, 0) is 22.6 Å². The number of hydrogen-bond donors (Lipinski definition) is 1. The second-order valence-corrected chi connectivity index (χ2v) is 5.25. The Hall–Kier alpha value is -1.36. The maximum Gasteiger partial charge on any atom is 0.134 e. The van der Waals surface area contributed by atoms with Crippen molar-refractivity contribution in [2.45, 2.75) is 39.5 Å². The van der Waals surface area contributed by atoms with Crippen molar-refractivity contribution in [3.8, 4) is 0 Å². The van der Waals surface area contributed by atoms with E-state index in [9.17, 15) is 0 Å². The predicted molar refractivity (Wildman–Crippen MR) is 84.3 cm³/mol. The molecule has 2 aromatic rings. The molecule has 0 spiro atoms. The second kappa shape index (κ2) is 8.17. The predicted octanol–water partition coefficient (Wildman–Crippen LogP) is 3.48. The summed E-state index contributed by atoms with van der Waals surface area (Å²) in [5, 5.41) is 4.53. The van der Waals surface area contributed by atoms with Crippen molar-refractivity contribution in [2.24, 2.45) is 0 Å². The van der Waals surface area contributed by atoms with E-state index in [1.807, 2.05) is 25.1 Å². The van der Waals surface area contributed by atoms with E-state index in [2.05, 4.69) is 18.3 Å². The zero-order valence-electron chi connectivity index (χ0n) is 13.1. The van der Waals surface area contributed by atoms with Crippen LogP contribution in [0.3, 0.4) is 0 Å². The van der Waals surface area contributed by atoms with Crippen LogP contribution in [0.2, 0.25) is 0 Å². The molecule has 0 radical (unpaired) electrons. The van der Waals surface area contributed by atoms with Gasteiger partial charge < -0.3 is 19.2 Å². The van der Waals surface area contributed by atoms with Crippen LogP contribution in [0.4, 0.5) is 0 Å². The molecule has 0 saturated carbocycles. The van der Waals surface area contributed by atoms with Gasteiger partial charge in [0.25, 0.3) is 0 Å². The molecule has 0 aliphatic rings. The molecule has 1 aromatic heterocycles. The summed E-state index contributed by atoms with van der Waals surface area (Å²) in [6, 6.07) is 8.11. The number of hydrogen-bond acceptors (Lipinski definition) is 4. The highest BCUT2D eigenvalue weighted by Gasteiger charge is 2.14. The van der Waals surface area contributed by atoms with Gasteiger partial charge in [-0.2, -0.15) is 0 Å². The van der Waals surface area contributed by atoms with Crippen LogP contribution in [0.15, 0.2) is 28.7 Å². The number of nitrogens with one attached hydrogen (secondary N) is 1. The van der Waals surface area contributed by atoms with Crippen molar-refractivity contribution in [1.29, 1.82) is 0 Å². The quantitative estimate of drug-likeness (QED) is 0.718. The molecule has 21 heavy (non-hydrogen) atoms. The average Bonchev–Trinajstić information content (AvgIpc) is 2.83. The first-order valence-electron chi connectivity index (χ1n) is 7.56. The number of rotatable bonds is 9. The third kappa shape index (κ3) is 4.30. The summed E-state index contributed by atoms with van der Waals surface area (Å²) in [5.74, 6) is 0.967. The minimum absolute atomic E-state index is 0.0695. The van der Waals surface area contributed by atoms with Crippen LogP contribution in [0.25, 0.3) is 11.0 Å². The topological polar surface area (TPSA) is 43.6 Å². The Kier molecular flexibility index (Phi) is 6.23. The maximum atomic E-state index is 5.96. The number of ether oxygens (including phenoxy) is 2. The van der Waals surface area contributed by atoms with Crippen molar-refractivity contribution in [2.75, 3.05) is 20.3 Å². The SMILES string of the molecule is CCCNCc1oc2ccccc2c1COC(C)COC. The van der Waals surface area contributed by atoms with E-state index in [4.69, 9.17) is 13.9 Å². The van der Waals surface area contributed by atoms with Gasteiger partial charge in [0.1, 0.15) is 11.3 Å². The van der Waals surface area contributed by atoms with Crippen LogP contribution in [0.1, 0.15) is 31.6 Å². The number of para-hydroxylation sites is 1. The molecule has 0 fully saturated rings. The van der Waals surface area contributed by atoms with E-state index in [0.29, 0.717) is 13.2 Å². The molecule has 1 unspecified atom stereocenters. The van der Waals surface area contributed by atoms with Gasteiger partial charge in [-0.1, -0.05) is 25.1 Å². The summed E-state index contributed by atoms with van der Waals surface area (Å²) in [6.45, 7) is 7.03. The Bertz CT molecular complexity index is 550. The van der Waals surface area contributed by atoms with Crippen LogP contribution >= 0.6 is 0 Å². The first-order valence-corrected chi connectivity index (χ1v) is 7.56. The Balaban J connectivity index is 2.15. The van der Waals surface area contributed by atoms with Gasteiger partial charge in [-0.25, -0.2) is 0 Å². The number of methoxy groups -OCH3 is 1. The Morgan fingerprint density at radius 1 is 1.29 bits per heavy atom. The lowest BCUT2D eigenvalue weighted by atomic mass is 10.1. The summed E-state index contributed by atoms with van der Waals surface area (Å²) in [6.07, 6.45) is 1.18. The second-order valence-electron chi connectivity index (χ2n) is 5.25. The molecule has 4 nitrogen and oxygen atoms in total. The standard InChI is InChI=1S/C17H25NO3/c1-4-9-18-10-17-15(12-20-13(2)11-19-3)14-7-5-6-8-16(14)21-17/h5-8,13,18H,4,9-12H2,1-3H3. The number of furan rings is 1. The third-order valence-electron chi connectivity index (χ3n) is 3.41. The molecule has 4 heteroatoms. The van der Waals surface area contributed by atoms with Crippen molar-refractivity contribution in [3.63, 3.8) is 0 Å². The monoisotopic (exact) mass is 291 g/mol. The Labute approximate surface area is 126 Å².